The van der Waals surface area contributed by atoms with Crippen molar-refractivity contribution in [2.75, 3.05) is 19.3 Å². The molecule has 1 saturated heterocycles. The second kappa shape index (κ2) is 7.06. The van der Waals surface area contributed by atoms with E-state index in [1.54, 1.807) is 18.3 Å². The summed E-state index contributed by atoms with van der Waals surface area (Å²) in [5.41, 5.74) is 0.629. The lowest BCUT2D eigenvalue weighted by atomic mass is 10.1. The molecule has 142 valence electrons. The Morgan fingerprint density at radius 1 is 1.19 bits per heavy atom. The van der Waals surface area contributed by atoms with Gasteiger partial charge in [0.1, 0.15) is 11.1 Å². The number of benzene rings is 1. The molecular weight excluding hydrogens is 390 g/mol. The Labute approximate surface area is 161 Å². The van der Waals surface area contributed by atoms with E-state index in [-0.39, 0.29) is 22.1 Å². The first kappa shape index (κ1) is 18.1. The van der Waals surface area contributed by atoms with E-state index in [1.807, 2.05) is 4.68 Å². The number of hydrogen-bond donors (Lipinski definition) is 1. The van der Waals surface area contributed by atoms with Crippen molar-refractivity contribution in [1.29, 1.82) is 0 Å². The molecule has 4 rings (SSSR count). The summed E-state index contributed by atoms with van der Waals surface area (Å²) in [4.78, 5) is 8.73. The first-order valence-corrected chi connectivity index (χ1v) is 10.8. The monoisotopic (exact) mass is 407 g/mol. The van der Waals surface area contributed by atoms with E-state index in [0.717, 1.165) is 32.2 Å². The number of nitrogens with one attached hydrogen (secondary N) is 1. The molecule has 1 fully saturated rings. The van der Waals surface area contributed by atoms with Crippen molar-refractivity contribution in [1.82, 2.24) is 25.1 Å². The fraction of sp³-hybridized carbons (Fsp3) is 0.353. The van der Waals surface area contributed by atoms with Gasteiger partial charge in [-0.15, -0.1) is 0 Å². The van der Waals surface area contributed by atoms with Crippen molar-refractivity contribution in [3.63, 3.8) is 0 Å². The molecule has 0 saturated carbocycles. The molecule has 0 spiro atoms. The van der Waals surface area contributed by atoms with Gasteiger partial charge in [-0.05, 0) is 61.8 Å². The molecule has 8 nitrogen and oxygen atoms in total. The minimum absolute atomic E-state index is 0.0703. The number of fused-ring (bicyclic) bond motifs is 1. The van der Waals surface area contributed by atoms with Gasteiger partial charge in [-0.25, -0.2) is 13.1 Å². The minimum atomic E-state index is -3.26. The second-order valence-corrected chi connectivity index (χ2v) is 8.80. The molecule has 1 N–H and O–H groups in total. The number of rotatable bonds is 4. The molecule has 3 heterocycles. The Morgan fingerprint density at radius 2 is 1.89 bits per heavy atom. The van der Waals surface area contributed by atoms with Gasteiger partial charge in [-0.2, -0.15) is 15.1 Å². The summed E-state index contributed by atoms with van der Waals surface area (Å²) in [6, 6.07) is 6.38. The molecular formula is C17H18ClN5O3S. The molecule has 1 aliphatic rings. The van der Waals surface area contributed by atoms with Crippen LogP contribution in [0.5, 0.6) is 11.6 Å². The summed E-state index contributed by atoms with van der Waals surface area (Å²) in [6.45, 7) is 1.86. The van der Waals surface area contributed by atoms with Crippen LogP contribution >= 0.6 is 11.6 Å². The average Bonchev–Trinajstić information content (AvgIpc) is 3.06. The van der Waals surface area contributed by atoms with Gasteiger partial charge in [0.25, 0.3) is 0 Å². The third-order valence-corrected chi connectivity index (χ3v) is 5.81. The van der Waals surface area contributed by atoms with Crippen molar-refractivity contribution >= 4 is 32.5 Å². The molecule has 0 unspecified atom stereocenters. The van der Waals surface area contributed by atoms with Crippen molar-refractivity contribution in [3.8, 4) is 11.6 Å². The summed E-state index contributed by atoms with van der Waals surface area (Å²) in [5, 5.41) is 8.53. The molecule has 0 aliphatic carbocycles. The lowest BCUT2D eigenvalue weighted by Crippen LogP contribution is -2.29. The highest BCUT2D eigenvalue weighted by molar-refractivity contribution is 7.90. The Morgan fingerprint density at radius 3 is 2.56 bits per heavy atom. The van der Waals surface area contributed by atoms with Crippen LogP contribution in [0.25, 0.3) is 11.0 Å². The van der Waals surface area contributed by atoms with E-state index < -0.39 is 9.84 Å². The molecule has 0 atom stereocenters. The van der Waals surface area contributed by atoms with Crippen molar-refractivity contribution in [3.05, 3.63) is 35.7 Å². The van der Waals surface area contributed by atoms with Gasteiger partial charge in [0.05, 0.1) is 17.1 Å². The molecule has 0 radical (unpaired) electrons. The van der Waals surface area contributed by atoms with E-state index in [4.69, 9.17) is 16.3 Å². The predicted octanol–water partition coefficient (Wildman–Crippen LogP) is 2.60. The maximum atomic E-state index is 11.6. The number of hydrogen-bond acceptors (Lipinski definition) is 7. The van der Waals surface area contributed by atoms with E-state index in [0.29, 0.717) is 16.8 Å². The van der Waals surface area contributed by atoms with Gasteiger partial charge in [-0.1, -0.05) is 0 Å². The van der Waals surface area contributed by atoms with E-state index >= 15 is 0 Å². The van der Waals surface area contributed by atoms with Crippen LogP contribution in [0, 0.1) is 0 Å². The minimum Gasteiger partial charge on any atom is -0.438 e. The Hall–Kier alpha value is -2.23. The zero-order valence-corrected chi connectivity index (χ0v) is 16.2. The van der Waals surface area contributed by atoms with Crippen LogP contribution < -0.4 is 10.1 Å². The maximum Gasteiger partial charge on any atom is 0.234 e. The topological polar surface area (TPSA) is 99.0 Å². The summed E-state index contributed by atoms with van der Waals surface area (Å²) in [6.07, 6.45) is 4.75. The zero-order valence-electron chi connectivity index (χ0n) is 14.6. The molecule has 0 amide bonds. The number of piperidine rings is 1. The van der Waals surface area contributed by atoms with Gasteiger partial charge in [0.15, 0.2) is 15.5 Å². The van der Waals surface area contributed by atoms with Crippen LogP contribution in [0.3, 0.4) is 0 Å². The molecule has 27 heavy (non-hydrogen) atoms. The van der Waals surface area contributed by atoms with Gasteiger partial charge in [0.2, 0.25) is 11.2 Å². The normalized spacial score (nSPS) is 15.9. The molecule has 2 aromatic heterocycles. The number of halogens is 1. The largest absolute Gasteiger partial charge is 0.438 e. The van der Waals surface area contributed by atoms with Gasteiger partial charge in [0, 0.05) is 6.26 Å². The third-order valence-electron chi connectivity index (χ3n) is 4.51. The Balaban J connectivity index is 1.68. The number of aromatic nitrogens is 4. The Bertz CT molecular complexity index is 1080. The lowest BCUT2D eigenvalue weighted by molar-refractivity contribution is 0.349. The molecule has 1 aliphatic heterocycles. The van der Waals surface area contributed by atoms with Gasteiger partial charge >= 0.3 is 0 Å². The summed E-state index contributed by atoms with van der Waals surface area (Å²) < 4.78 is 30.9. The SMILES string of the molecule is CS(=O)(=O)c1ccc(Oc2nc(Cl)nc3c2cnn3C2CCNCC2)cc1. The predicted molar refractivity (Wildman–Crippen MR) is 101 cm³/mol. The Kier molecular flexibility index (Phi) is 4.75. The van der Waals surface area contributed by atoms with Crippen molar-refractivity contribution in [2.24, 2.45) is 0 Å². The van der Waals surface area contributed by atoms with E-state index in [1.165, 1.54) is 12.1 Å². The first-order chi connectivity index (χ1) is 12.9. The maximum absolute atomic E-state index is 11.6. The zero-order chi connectivity index (χ0) is 19.0. The number of nitrogens with zero attached hydrogens (tertiary/aromatic N) is 4. The fourth-order valence-electron chi connectivity index (χ4n) is 3.14. The van der Waals surface area contributed by atoms with Gasteiger partial charge in [-0.3, -0.25) is 0 Å². The summed E-state index contributed by atoms with van der Waals surface area (Å²) in [5.74, 6) is 0.741. The molecule has 10 heteroatoms. The molecule has 0 bridgehead atoms. The number of sulfone groups is 1. The van der Waals surface area contributed by atoms with Gasteiger partial charge < -0.3 is 10.1 Å². The van der Waals surface area contributed by atoms with Crippen LogP contribution in [0.2, 0.25) is 5.28 Å². The van der Waals surface area contributed by atoms with Crippen LogP contribution in [-0.2, 0) is 9.84 Å². The molecule has 1 aromatic carbocycles. The first-order valence-electron chi connectivity index (χ1n) is 8.51. The second-order valence-electron chi connectivity index (χ2n) is 6.45. The highest BCUT2D eigenvalue weighted by Crippen LogP contribution is 2.31. The smallest absolute Gasteiger partial charge is 0.234 e. The highest BCUT2D eigenvalue weighted by atomic mass is 35.5. The van der Waals surface area contributed by atoms with E-state index in [9.17, 15) is 8.42 Å². The van der Waals surface area contributed by atoms with E-state index in [2.05, 4.69) is 20.4 Å². The number of ether oxygens (including phenoxy) is 1. The van der Waals surface area contributed by atoms with Crippen LogP contribution in [-0.4, -0.2) is 47.5 Å². The van der Waals surface area contributed by atoms with Crippen molar-refractivity contribution in [2.45, 2.75) is 23.8 Å². The highest BCUT2D eigenvalue weighted by Gasteiger charge is 2.21. The lowest BCUT2D eigenvalue weighted by Gasteiger charge is -2.23. The van der Waals surface area contributed by atoms with Crippen LogP contribution in [0.15, 0.2) is 35.4 Å². The van der Waals surface area contributed by atoms with Crippen LogP contribution in [0.1, 0.15) is 18.9 Å². The van der Waals surface area contributed by atoms with Crippen LogP contribution in [0.4, 0.5) is 0 Å². The van der Waals surface area contributed by atoms with Crippen molar-refractivity contribution < 1.29 is 13.2 Å². The standard InChI is InChI=1S/C17H18ClN5O3S/c1-27(24,25)13-4-2-12(3-5-13)26-16-14-10-20-23(11-6-8-19-9-7-11)15(14)21-17(18)22-16/h2-5,10-11,19H,6-9H2,1H3. The summed E-state index contributed by atoms with van der Waals surface area (Å²) >= 11 is 6.11. The third kappa shape index (κ3) is 3.76. The quantitative estimate of drug-likeness (QED) is 0.663. The average molecular weight is 408 g/mol. The summed E-state index contributed by atoms with van der Waals surface area (Å²) in [7, 11) is -3.26. The molecule has 3 aromatic rings. The fourth-order valence-corrected chi connectivity index (χ4v) is 3.92.